The van der Waals surface area contributed by atoms with Crippen LogP contribution in [0, 0.1) is 0 Å². The lowest BCUT2D eigenvalue weighted by Gasteiger charge is -2.15. The molecule has 0 radical (unpaired) electrons. The lowest BCUT2D eigenvalue weighted by Crippen LogP contribution is -2.31. The summed E-state index contributed by atoms with van der Waals surface area (Å²) in [5, 5.41) is 5.04. The molecule has 0 saturated carbocycles. The Morgan fingerprint density at radius 2 is 1.68 bits per heavy atom. The fraction of sp³-hybridized carbons (Fsp3) is 0.0909. The predicted octanol–water partition coefficient (Wildman–Crippen LogP) is 4.15. The summed E-state index contributed by atoms with van der Waals surface area (Å²) in [6.45, 7) is 0.205. The summed E-state index contributed by atoms with van der Waals surface area (Å²) in [6, 6.07) is 20.5. The average molecular weight is 390 g/mol. The Hall–Kier alpha value is -3.38. The first-order valence-corrected chi connectivity index (χ1v) is 9.64. The molecule has 0 aliphatic carbocycles. The van der Waals surface area contributed by atoms with Gasteiger partial charge in [0.25, 0.3) is 11.8 Å². The van der Waals surface area contributed by atoms with Crippen LogP contribution in [-0.2, 0) is 16.1 Å². The van der Waals surface area contributed by atoms with Gasteiger partial charge in [-0.05, 0) is 41.3 Å². The molecule has 2 heterocycles. The fourth-order valence-electron chi connectivity index (χ4n) is 3.06. The third-order valence-electron chi connectivity index (χ3n) is 4.48. The molecule has 0 atom stereocenters. The SMILES string of the molecule is COc1ccc(CN2C(=O)C(Nc3ccccc3)=C(c3cccs3)C2=O)cc1. The molecule has 1 N–H and O–H groups in total. The number of para-hydroxylation sites is 1. The minimum Gasteiger partial charge on any atom is -0.497 e. The first kappa shape index (κ1) is 18.0. The number of nitrogens with zero attached hydrogens (tertiary/aromatic N) is 1. The van der Waals surface area contributed by atoms with Gasteiger partial charge < -0.3 is 10.1 Å². The molecule has 28 heavy (non-hydrogen) atoms. The highest BCUT2D eigenvalue weighted by Gasteiger charge is 2.39. The number of carbonyl (C=O) groups is 2. The van der Waals surface area contributed by atoms with E-state index < -0.39 is 0 Å². The van der Waals surface area contributed by atoms with Crippen LogP contribution in [0.4, 0.5) is 5.69 Å². The summed E-state index contributed by atoms with van der Waals surface area (Å²) in [4.78, 5) is 28.3. The number of hydrogen-bond acceptors (Lipinski definition) is 5. The molecule has 1 aliphatic rings. The number of methoxy groups -OCH3 is 1. The number of imide groups is 1. The van der Waals surface area contributed by atoms with Gasteiger partial charge in [0, 0.05) is 10.6 Å². The quantitative estimate of drug-likeness (QED) is 0.643. The van der Waals surface area contributed by atoms with Gasteiger partial charge in [-0.2, -0.15) is 0 Å². The van der Waals surface area contributed by atoms with Gasteiger partial charge in [-0.15, -0.1) is 11.3 Å². The van der Waals surface area contributed by atoms with E-state index in [1.807, 2.05) is 72.1 Å². The third-order valence-corrected chi connectivity index (χ3v) is 5.37. The Balaban J connectivity index is 1.66. The average Bonchev–Trinajstić information content (AvgIpc) is 3.33. The van der Waals surface area contributed by atoms with E-state index in [-0.39, 0.29) is 18.4 Å². The van der Waals surface area contributed by atoms with Crippen molar-refractivity contribution < 1.29 is 14.3 Å². The van der Waals surface area contributed by atoms with Gasteiger partial charge in [-0.25, -0.2) is 0 Å². The Kier molecular flexibility index (Phi) is 4.95. The van der Waals surface area contributed by atoms with Gasteiger partial charge in [0.15, 0.2) is 0 Å². The first-order chi connectivity index (χ1) is 13.7. The van der Waals surface area contributed by atoms with Crippen LogP contribution < -0.4 is 10.1 Å². The largest absolute Gasteiger partial charge is 0.497 e. The molecule has 0 spiro atoms. The first-order valence-electron chi connectivity index (χ1n) is 8.76. The maximum atomic E-state index is 13.1. The molecule has 3 aromatic rings. The van der Waals surface area contributed by atoms with Crippen molar-refractivity contribution in [3.8, 4) is 5.75 Å². The van der Waals surface area contributed by atoms with Crippen molar-refractivity contribution in [3.05, 3.63) is 88.2 Å². The van der Waals surface area contributed by atoms with E-state index >= 15 is 0 Å². The fourth-order valence-corrected chi connectivity index (χ4v) is 3.83. The van der Waals surface area contributed by atoms with E-state index in [1.54, 1.807) is 7.11 Å². The zero-order valence-electron chi connectivity index (χ0n) is 15.2. The van der Waals surface area contributed by atoms with Crippen molar-refractivity contribution in [1.29, 1.82) is 0 Å². The topological polar surface area (TPSA) is 58.6 Å². The number of rotatable bonds is 6. The smallest absolute Gasteiger partial charge is 0.278 e. The van der Waals surface area contributed by atoms with E-state index in [2.05, 4.69) is 5.32 Å². The molecule has 0 fully saturated rings. The summed E-state index contributed by atoms with van der Waals surface area (Å²) in [5.74, 6) is 0.112. The van der Waals surface area contributed by atoms with Crippen LogP contribution >= 0.6 is 11.3 Å². The van der Waals surface area contributed by atoms with Crippen molar-refractivity contribution in [2.75, 3.05) is 12.4 Å². The highest BCUT2D eigenvalue weighted by atomic mass is 32.1. The minimum absolute atomic E-state index is 0.205. The van der Waals surface area contributed by atoms with Gasteiger partial charge >= 0.3 is 0 Å². The minimum atomic E-state index is -0.326. The monoisotopic (exact) mass is 390 g/mol. The molecule has 5 nitrogen and oxygen atoms in total. The summed E-state index contributed by atoms with van der Waals surface area (Å²) < 4.78 is 5.17. The van der Waals surface area contributed by atoms with Crippen LogP contribution in [0.2, 0.25) is 0 Å². The third kappa shape index (κ3) is 3.42. The van der Waals surface area contributed by atoms with Crippen LogP contribution in [0.15, 0.2) is 77.8 Å². The van der Waals surface area contributed by atoms with Crippen LogP contribution in [0.1, 0.15) is 10.4 Å². The van der Waals surface area contributed by atoms with E-state index in [9.17, 15) is 9.59 Å². The number of ether oxygens (including phenoxy) is 1. The van der Waals surface area contributed by atoms with Crippen LogP contribution in [0.3, 0.4) is 0 Å². The second-order valence-corrected chi connectivity index (χ2v) is 7.21. The molecule has 6 heteroatoms. The number of nitrogens with one attached hydrogen (secondary N) is 1. The second kappa shape index (κ2) is 7.70. The van der Waals surface area contributed by atoms with E-state index in [0.717, 1.165) is 21.9 Å². The van der Waals surface area contributed by atoms with Crippen LogP contribution in [-0.4, -0.2) is 23.8 Å². The van der Waals surface area contributed by atoms with Crippen LogP contribution in [0.25, 0.3) is 5.57 Å². The van der Waals surface area contributed by atoms with E-state index in [4.69, 9.17) is 4.74 Å². The van der Waals surface area contributed by atoms with Gasteiger partial charge in [-0.3, -0.25) is 14.5 Å². The molecule has 0 bridgehead atoms. The zero-order chi connectivity index (χ0) is 19.5. The molecule has 2 amide bonds. The van der Waals surface area contributed by atoms with Crippen LogP contribution in [0.5, 0.6) is 5.75 Å². The Morgan fingerprint density at radius 3 is 2.32 bits per heavy atom. The highest BCUT2D eigenvalue weighted by molar-refractivity contribution is 7.11. The van der Waals surface area contributed by atoms with E-state index in [0.29, 0.717) is 11.3 Å². The van der Waals surface area contributed by atoms with Crippen molar-refractivity contribution in [2.24, 2.45) is 0 Å². The normalized spacial score (nSPS) is 14.0. The van der Waals surface area contributed by atoms with Gasteiger partial charge in [0.2, 0.25) is 0 Å². The number of carbonyl (C=O) groups excluding carboxylic acids is 2. The zero-order valence-corrected chi connectivity index (χ0v) is 16.0. The molecule has 0 saturated heterocycles. The van der Waals surface area contributed by atoms with Crippen molar-refractivity contribution in [3.63, 3.8) is 0 Å². The van der Waals surface area contributed by atoms with Gasteiger partial charge in [0.05, 0.1) is 19.2 Å². The molecule has 2 aromatic carbocycles. The molecule has 4 rings (SSSR count). The van der Waals surface area contributed by atoms with Crippen molar-refractivity contribution in [2.45, 2.75) is 6.54 Å². The predicted molar refractivity (Wildman–Crippen MR) is 110 cm³/mol. The molecule has 140 valence electrons. The Morgan fingerprint density at radius 1 is 0.929 bits per heavy atom. The molecule has 1 aromatic heterocycles. The summed E-state index contributed by atoms with van der Waals surface area (Å²) >= 11 is 1.44. The number of thiophene rings is 1. The number of hydrogen-bond donors (Lipinski definition) is 1. The number of anilines is 1. The lowest BCUT2D eigenvalue weighted by molar-refractivity contribution is -0.137. The molecular weight excluding hydrogens is 372 g/mol. The van der Waals surface area contributed by atoms with E-state index in [1.165, 1.54) is 16.2 Å². The molecule has 0 unspecified atom stereocenters. The number of benzene rings is 2. The van der Waals surface area contributed by atoms with Gasteiger partial charge in [0.1, 0.15) is 11.4 Å². The Bertz CT molecular complexity index is 1030. The van der Waals surface area contributed by atoms with Gasteiger partial charge in [-0.1, -0.05) is 36.4 Å². The standard InChI is InChI=1S/C22H18N2O3S/c1-27-17-11-9-15(10-12-17)14-24-21(25)19(18-8-5-13-28-18)20(22(24)26)23-16-6-3-2-4-7-16/h2-13,23H,14H2,1H3. The maximum absolute atomic E-state index is 13.1. The second-order valence-electron chi connectivity index (χ2n) is 6.26. The number of amides is 2. The summed E-state index contributed by atoms with van der Waals surface area (Å²) in [6.07, 6.45) is 0. The van der Waals surface area contributed by atoms with Crippen molar-refractivity contribution >= 4 is 34.4 Å². The lowest BCUT2D eigenvalue weighted by atomic mass is 10.2. The summed E-state index contributed by atoms with van der Waals surface area (Å²) in [7, 11) is 1.60. The highest BCUT2D eigenvalue weighted by Crippen LogP contribution is 2.33. The summed E-state index contributed by atoms with van der Waals surface area (Å²) in [5.41, 5.74) is 2.34. The Labute approximate surface area is 166 Å². The molecular formula is C22H18N2O3S. The molecule has 1 aliphatic heterocycles. The van der Waals surface area contributed by atoms with Crippen molar-refractivity contribution in [1.82, 2.24) is 4.90 Å². The maximum Gasteiger partial charge on any atom is 0.278 e.